The third kappa shape index (κ3) is 2.85. The maximum absolute atomic E-state index is 12.0. The number of esters is 1. The summed E-state index contributed by atoms with van der Waals surface area (Å²) < 4.78 is 10.3. The highest BCUT2D eigenvalue weighted by atomic mass is 16.6. The van der Waals surface area contributed by atoms with Gasteiger partial charge in [-0.2, -0.15) is 0 Å². The van der Waals surface area contributed by atoms with Crippen LogP contribution < -0.4 is 0 Å². The number of nitro groups is 1. The van der Waals surface area contributed by atoms with Gasteiger partial charge in [0.25, 0.3) is 5.69 Å². The molecule has 1 amide bonds. The molecule has 0 spiro atoms. The molecule has 8 heteroatoms. The summed E-state index contributed by atoms with van der Waals surface area (Å²) in [7, 11) is 0. The van der Waals surface area contributed by atoms with Crippen LogP contribution in [0, 0.1) is 16.0 Å². The quantitative estimate of drug-likeness (QED) is 0.474. The molecular weight excluding hydrogens is 292 g/mol. The molecule has 2 aliphatic rings. The summed E-state index contributed by atoms with van der Waals surface area (Å²) in [5, 5.41) is 10.6. The molecule has 2 saturated heterocycles. The normalized spacial score (nSPS) is 23.1. The van der Waals surface area contributed by atoms with Gasteiger partial charge in [0.15, 0.2) is 0 Å². The molecule has 0 saturated carbocycles. The summed E-state index contributed by atoms with van der Waals surface area (Å²) in [6, 6.07) is 5.82. The molecule has 2 bridgehead atoms. The first-order valence-corrected chi connectivity index (χ1v) is 6.88. The van der Waals surface area contributed by atoms with Gasteiger partial charge in [0.1, 0.15) is 12.7 Å². The number of carbonyl (C=O) groups excluding carboxylic acids is 2. The van der Waals surface area contributed by atoms with Crippen molar-refractivity contribution in [3.63, 3.8) is 0 Å². The predicted molar refractivity (Wildman–Crippen MR) is 72.8 cm³/mol. The molecule has 0 aliphatic carbocycles. The summed E-state index contributed by atoms with van der Waals surface area (Å²) >= 11 is 0. The van der Waals surface area contributed by atoms with Crippen molar-refractivity contribution >= 4 is 17.7 Å². The summed E-state index contributed by atoms with van der Waals surface area (Å²) in [6.45, 7) is 0.895. The number of rotatable bonds is 4. The summed E-state index contributed by atoms with van der Waals surface area (Å²) in [6.07, 6.45) is -0.143. The van der Waals surface area contributed by atoms with Crippen LogP contribution in [0.3, 0.4) is 0 Å². The van der Waals surface area contributed by atoms with Gasteiger partial charge in [-0.1, -0.05) is 0 Å². The fourth-order valence-corrected chi connectivity index (χ4v) is 2.66. The second-order valence-corrected chi connectivity index (χ2v) is 5.37. The summed E-state index contributed by atoms with van der Waals surface area (Å²) in [5.41, 5.74) is 0.660. The number of ether oxygens (including phenoxy) is 2. The minimum Gasteiger partial charge on any atom is -0.461 e. The van der Waals surface area contributed by atoms with Crippen LogP contribution in [0.4, 0.5) is 10.5 Å². The number of nitrogens with zero attached hydrogens (tertiary/aromatic N) is 2. The maximum Gasteiger partial charge on any atom is 0.410 e. The van der Waals surface area contributed by atoms with E-state index in [1.807, 2.05) is 0 Å². The van der Waals surface area contributed by atoms with E-state index in [-0.39, 0.29) is 36.4 Å². The zero-order valence-corrected chi connectivity index (χ0v) is 11.6. The Bertz CT molecular complexity index is 614. The molecule has 22 heavy (non-hydrogen) atoms. The minimum atomic E-state index is -0.487. The molecule has 1 aromatic carbocycles. The van der Waals surface area contributed by atoms with E-state index in [9.17, 15) is 19.7 Å². The van der Waals surface area contributed by atoms with Gasteiger partial charge in [0.05, 0.1) is 17.4 Å². The molecule has 2 fully saturated rings. The molecule has 0 N–H and O–H groups in total. The van der Waals surface area contributed by atoms with E-state index in [2.05, 4.69) is 0 Å². The third-order valence-corrected chi connectivity index (χ3v) is 3.80. The largest absolute Gasteiger partial charge is 0.461 e. The van der Waals surface area contributed by atoms with Gasteiger partial charge < -0.3 is 14.4 Å². The van der Waals surface area contributed by atoms with Crippen LogP contribution in [0.25, 0.3) is 0 Å². The fourth-order valence-electron chi connectivity index (χ4n) is 2.66. The van der Waals surface area contributed by atoms with Crippen molar-refractivity contribution < 1.29 is 24.0 Å². The lowest BCUT2D eigenvalue weighted by molar-refractivity contribution is -0.384. The van der Waals surface area contributed by atoms with E-state index in [4.69, 9.17) is 9.47 Å². The molecule has 0 unspecified atom stereocenters. The number of hydrogen-bond acceptors (Lipinski definition) is 6. The highest BCUT2D eigenvalue weighted by Crippen LogP contribution is 2.27. The number of amides is 1. The first kappa shape index (κ1) is 14.3. The first-order chi connectivity index (χ1) is 10.5. The van der Waals surface area contributed by atoms with Gasteiger partial charge in [-0.3, -0.25) is 14.9 Å². The standard InChI is InChI=1S/C14H14N2O6/c17-13(10-5-12-7-15(6-10)14(18)22-12)21-8-9-1-3-11(4-2-9)16(19)20/h1-4,10,12H,5-8H2/t10-,12+/m0/s1. The lowest BCUT2D eigenvalue weighted by atomic mass is 9.97. The second-order valence-electron chi connectivity index (χ2n) is 5.37. The van der Waals surface area contributed by atoms with Crippen LogP contribution in [0.1, 0.15) is 12.0 Å². The molecule has 2 atom stereocenters. The molecular formula is C14H14N2O6. The number of carbonyl (C=O) groups is 2. The summed E-state index contributed by atoms with van der Waals surface area (Å²) in [5.74, 6) is -0.769. The van der Waals surface area contributed by atoms with Crippen molar-refractivity contribution in [3.05, 3.63) is 39.9 Å². The van der Waals surface area contributed by atoms with Crippen molar-refractivity contribution in [2.24, 2.45) is 5.92 Å². The molecule has 0 radical (unpaired) electrons. The lowest BCUT2D eigenvalue weighted by Crippen LogP contribution is -2.40. The molecule has 1 aromatic rings. The highest BCUT2D eigenvalue weighted by molar-refractivity contribution is 5.76. The Labute approximate surface area is 125 Å². The molecule has 3 rings (SSSR count). The molecule has 0 aromatic heterocycles. The van der Waals surface area contributed by atoms with Crippen molar-refractivity contribution in [1.82, 2.24) is 4.90 Å². The van der Waals surface area contributed by atoms with Crippen molar-refractivity contribution in [2.45, 2.75) is 19.1 Å². The number of nitro benzene ring substituents is 1. The van der Waals surface area contributed by atoms with Crippen LogP contribution in [-0.4, -0.2) is 41.1 Å². The average molecular weight is 306 g/mol. The van der Waals surface area contributed by atoms with E-state index >= 15 is 0 Å². The van der Waals surface area contributed by atoms with Gasteiger partial charge in [0.2, 0.25) is 0 Å². The fraction of sp³-hybridized carbons (Fsp3) is 0.429. The molecule has 2 aliphatic heterocycles. The smallest absolute Gasteiger partial charge is 0.410 e. The Morgan fingerprint density at radius 3 is 2.73 bits per heavy atom. The lowest BCUT2D eigenvalue weighted by Gasteiger charge is -2.25. The number of hydrogen-bond donors (Lipinski definition) is 0. The second kappa shape index (κ2) is 5.63. The van der Waals surface area contributed by atoms with Crippen molar-refractivity contribution in [3.8, 4) is 0 Å². The third-order valence-electron chi connectivity index (χ3n) is 3.80. The van der Waals surface area contributed by atoms with Crippen LogP contribution in [0.2, 0.25) is 0 Å². The van der Waals surface area contributed by atoms with Gasteiger partial charge in [-0.15, -0.1) is 0 Å². The maximum atomic E-state index is 12.0. The molecule has 116 valence electrons. The van der Waals surface area contributed by atoms with Crippen molar-refractivity contribution in [2.75, 3.05) is 13.1 Å². The zero-order chi connectivity index (χ0) is 15.7. The Morgan fingerprint density at radius 1 is 1.36 bits per heavy atom. The van der Waals surface area contributed by atoms with Gasteiger partial charge >= 0.3 is 12.1 Å². The van der Waals surface area contributed by atoms with E-state index in [1.54, 1.807) is 12.1 Å². The highest BCUT2D eigenvalue weighted by Gasteiger charge is 2.42. The number of piperidine rings is 1. The van der Waals surface area contributed by atoms with E-state index in [1.165, 1.54) is 17.0 Å². The Morgan fingerprint density at radius 2 is 2.09 bits per heavy atom. The summed E-state index contributed by atoms with van der Waals surface area (Å²) in [4.78, 5) is 35.0. The number of fused-ring (bicyclic) bond motifs is 2. The van der Waals surface area contributed by atoms with Crippen LogP contribution >= 0.6 is 0 Å². The van der Waals surface area contributed by atoms with Gasteiger partial charge in [-0.05, 0) is 17.7 Å². The molecule has 8 nitrogen and oxygen atoms in total. The van der Waals surface area contributed by atoms with Crippen LogP contribution in [0.15, 0.2) is 24.3 Å². The minimum absolute atomic E-state index is 0.0117. The number of non-ortho nitro benzene ring substituents is 1. The number of benzene rings is 1. The molecule has 2 heterocycles. The topological polar surface area (TPSA) is 99.0 Å². The zero-order valence-electron chi connectivity index (χ0n) is 11.6. The van der Waals surface area contributed by atoms with Crippen LogP contribution in [-0.2, 0) is 20.9 Å². The Hall–Kier alpha value is -2.64. The van der Waals surface area contributed by atoms with Gasteiger partial charge in [-0.25, -0.2) is 4.79 Å². The average Bonchev–Trinajstić information content (AvgIpc) is 2.77. The van der Waals surface area contributed by atoms with E-state index < -0.39 is 4.92 Å². The van der Waals surface area contributed by atoms with E-state index in [0.717, 1.165) is 0 Å². The van der Waals surface area contributed by atoms with Crippen molar-refractivity contribution in [1.29, 1.82) is 0 Å². The Balaban J connectivity index is 1.54. The predicted octanol–water partition coefficient (Wildman–Crippen LogP) is 1.48. The van der Waals surface area contributed by atoms with Gasteiger partial charge in [0, 0.05) is 25.1 Å². The van der Waals surface area contributed by atoms with E-state index in [0.29, 0.717) is 25.1 Å². The van der Waals surface area contributed by atoms with Crippen LogP contribution in [0.5, 0.6) is 0 Å². The monoisotopic (exact) mass is 306 g/mol. The SMILES string of the molecule is O=C(OCc1ccc([N+](=O)[O-])cc1)[C@H]1C[C@@H]2CN(C1)C(=O)O2. The Kier molecular flexibility index (Phi) is 3.66. The first-order valence-electron chi connectivity index (χ1n) is 6.88.